The fraction of sp³-hybridized carbons (Fsp3) is 0.966. The minimum absolute atomic E-state index is 0.139. The predicted molar refractivity (Wildman–Crippen MR) is 147 cm³/mol. The maximum absolute atomic E-state index is 12.6. The fourth-order valence-corrected chi connectivity index (χ4v) is 4.86. The maximum Gasteiger partial charge on any atom is 0.220 e. The molecule has 1 heterocycles. The van der Waals surface area contributed by atoms with E-state index in [0.717, 1.165) is 38.5 Å². The van der Waals surface area contributed by atoms with Crippen molar-refractivity contribution in [1.82, 2.24) is 5.32 Å². The maximum atomic E-state index is 12.6. The Hall–Kier alpha value is -0.810. The predicted octanol–water partition coefficient (Wildman–Crippen LogP) is 3.32. The third-order valence-electron chi connectivity index (χ3n) is 7.46. The summed E-state index contributed by atoms with van der Waals surface area (Å²) in [6.45, 7) is 3.62. The van der Waals surface area contributed by atoms with Crippen molar-refractivity contribution in [2.24, 2.45) is 0 Å². The molecule has 0 saturated carbocycles. The number of rotatable bonds is 23. The summed E-state index contributed by atoms with van der Waals surface area (Å²) in [5.74, 6) is -0.158. The number of aliphatic hydroxyl groups excluding tert-OH is 5. The van der Waals surface area contributed by atoms with E-state index in [2.05, 4.69) is 19.2 Å². The number of hydrogen-bond acceptors (Lipinski definition) is 8. The van der Waals surface area contributed by atoms with Crippen LogP contribution in [0.1, 0.15) is 123 Å². The molecule has 0 aliphatic carbocycles. The van der Waals surface area contributed by atoms with E-state index in [9.17, 15) is 30.3 Å². The molecule has 7 unspecified atom stereocenters. The number of amides is 1. The Morgan fingerprint density at radius 2 is 1.32 bits per heavy atom. The van der Waals surface area contributed by atoms with Crippen LogP contribution >= 0.6 is 0 Å². The van der Waals surface area contributed by atoms with Gasteiger partial charge in [-0.2, -0.15) is 0 Å². The molecule has 7 atom stereocenters. The summed E-state index contributed by atoms with van der Waals surface area (Å²) in [6, 6.07) is -0.705. The van der Waals surface area contributed by atoms with Gasteiger partial charge in [0.25, 0.3) is 0 Å². The topological polar surface area (TPSA) is 149 Å². The van der Waals surface area contributed by atoms with Crippen LogP contribution in [-0.2, 0) is 14.3 Å². The van der Waals surface area contributed by atoms with Crippen LogP contribution in [0.4, 0.5) is 0 Å². The van der Waals surface area contributed by atoms with Gasteiger partial charge in [-0.25, -0.2) is 0 Å². The number of ether oxygens (including phenoxy) is 2. The molecule has 226 valence electrons. The van der Waals surface area contributed by atoms with Crippen molar-refractivity contribution in [3.63, 3.8) is 0 Å². The van der Waals surface area contributed by atoms with Crippen LogP contribution < -0.4 is 5.32 Å². The first-order valence-electron chi connectivity index (χ1n) is 15.2. The molecule has 1 fully saturated rings. The molecule has 0 radical (unpaired) electrons. The molecule has 6 N–H and O–H groups in total. The Morgan fingerprint density at radius 1 is 0.789 bits per heavy atom. The van der Waals surface area contributed by atoms with Gasteiger partial charge in [-0.15, -0.1) is 0 Å². The van der Waals surface area contributed by atoms with Gasteiger partial charge in [0.1, 0.15) is 24.4 Å². The van der Waals surface area contributed by atoms with E-state index in [4.69, 9.17) is 9.47 Å². The normalized spacial score (nSPS) is 25.3. The molecule has 0 aromatic heterocycles. The minimum Gasteiger partial charge on any atom is -0.394 e. The Kier molecular flexibility index (Phi) is 20.3. The van der Waals surface area contributed by atoms with Gasteiger partial charge in [-0.3, -0.25) is 4.79 Å². The first kappa shape index (κ1) is 35.2. The standard InChI is InChI=1S/C29H57NO8/c1-3-5-7-8-9-10-11-12-13-14-15-17-19-25(33)30-22(23(32)18-16-6-4-2)21-37-29-28(36)27(35)26(34)24(20-31)38-29/h22-24,26-29,31-32,34-36H,3-21H2,1-2H3,(H,30,33). The zero-order valence-electron chi connectivity index (χ0n) is 23.9. The van der Waals surface area contributed by atoms with Crippen LogP contribution in [0.25, 0.3) is 0 Å². The Morgan fingerprint density at radius 3 is 1.87 bits per heavy atom. The lowest BCUT2D eigenvalue weighted by Gasteiger charge is -2.40. The number of unbranched alkanes of at least 4 members (excludes halogenated alkanes) is 13. The van der Waals surface area contributed by atoms with Crippen molar-refractivity contribution in [2.45, 2.75) is 166 Å². The van der Waals surface area contributed by atoms with E-state index in [1.807, 2.05) is 0 Å². The monoisotopic (exact) mass is 547 g/mol. The van der Waals surface area contributed by atoms with Crippen LogP contribution in [0.2, 0.25) is 0 Å². The molecule has 1 aliphatic rings. The summed E-state index contributed by atoms with van der Waals surface area (Å²) in [6.07, 6.45) is 10.5. The third kappa shape index (κ3) is 14.5. The van der Waals surface area contributed by atoms with Crippen molar-refractivity contribution in [2.75, 3.05) is 13.2 Å². The Balaban J connectivity index is 2.38. The first-order chi connectivity index (χ1) is 18.3. The lowest BCUT2D eigenvalue weighted by atomic mass is 9.99. The van der Waals surface area contributed by atoms with Crippen LogP contribution in [0, 0.1) is 0 Å². The highest BCUT2D eigenvalue weighted by Crippen LogP contribution is 2.22. The third-order valence-corrected chi connectivity index (χ3v) is 7.46. The molecular formula is C29H57NO8. The first-order valence-corrected chi connectivity index (χ1v) is 15.2. The molecule has 0 aromatic carbocycles. The van der Waals surface area contributed by atoms with Crippen LogP contribution in [-0.4, -0.2) is 87.5 Å². The number of carbonyl (C=O) groups is 1. The van der Waals surface area contributed by atoms with E-state index < -0.39 is 49.5 Å². The number of aliphatic hydroxyl groups is 5. The van der Waals surface area contributed by atoms with Crippen LogP contribution in [0.5, 0.6) is 0 Å². The molecule has 9 nitrogen and oxygen atoms in total. The highest BCUT2D eigenvalue weighted by molar-refractivity contribution is 5.76. The van der Waals surface area contributed by atoms with Crippen LogP contribution in [0.15, 0.2) is 0 Å². The molecule has 1 rings (SSSR count). The molecule has 1 aliphatic heterocycles. The van der Waals surface area contributed by atoms with Gasteiger partial charge >= 0.3 is 0 Å². The van der Waals surface area contributed by atoms with Crippen molar-refractivity contribution in [3.05, 3.63) is 0 Å². The summed E-state index contributed by atoms with van der Waals surface area (Å²) in [5, 5.41) is 53.1. The Labute approximate surface area is 230 Å². The van der Waals surface area contributed by atoms with E-state index >= 15 is 0 Å². The van der Waals surface area contributed by atoms with Gasteiger partial charge in [0.2, 0.25) is 5.91 Å². The van der Waals surface area contributed by atoms with Crippen molar-refractivity contribution in [3.8, 4) is 0 Å². The van der Waals surface area contributed by atoms with Crippen molar-refractivity contribution in [1.29, 1.82) is 0 Å². The lowest BCUT2D eigenvalue weighted by Crippen LogP contribution is -2.60. The summed E-state index contributed by atoms with van der Waals surface area (Å²) in [5.41, 5.74) is 0. The number of hydrogen-bond donors (Lipinski definition) is 6. The van der Waals surface area contributed by atoms with E-state index in [0.29, 0.717) is 12.8 Å². The molecule has 38 heavy (non-hydrogen) atoms. The van der Waals surface area contributed by atoms with Crippen molar-refractivity contribution >= 4 is 5.91 Å². The molecule has 1 amide bonds. The molecule has 9 heteroatoms. The summed E-state index contributed by atoms with van der Waals surface area (Å²) in [4.78, 5) is 12.6. The SMILES string of the molecule is CCCCCCCCCCCCCCC(=O)NC(COC1OC(CO)C(O)C(O)C1O)C(O)CCCCC. The second-order valence-electron chi connectivity index (χ2n) is 10.9. The second-order valence-corrected chi connectivity index (χ2v) is 10.9. The number of carbonyl (C=O) groups excluding carboxylic acids is 1. The highest BCUT2D eigenvalue weighted by Gasteiger charge is 2.44. The second kappa shape index (κ2) is 21.9. The average molecular weight is 548 g/mol. The van der Waals surface area contributed by atoms with E-state index in [-0.39, 0.29) is 12.5 Å². The summed E-state index contributed by atoms with van der Waals surface area (Å²) < 4.78 is 11.0. The molecular weight excluding hydrogens is 490 g/mol. The molecule has 1 saturated heterocycles. The minimum atomic E-state index is -1.54. The van der Waals surface area contributed by atoms with Gasteiger partial charge in [0.15, 0.2) is 6.29 Å². The van der Waals surface area contributed by atoms with Crippen molar-refractivity contribution < 1.29 is 39.8 Å². The van der Waals surface area contributed by atoms with Crippen LogP contribution in [0.3, 0.4) is 0 Å². The number of nitrogens with one attached hydrogen (secondary N) is 1. The zero-order valence-corrected chi connectivity index (χ0v) is 23.9. The average Bonchev–Trinajstić information content (AvgIpc) is 2.91. The fourth-order valence-electron chi connectivity index (χ4n) is 4.86. The van der Waals surface area contributed by atoms with E-state index in [1.54, 1.807) is 0 Å². The lowest BCUT2D eigenvalue weighted by molar-refractivity contribution is -0.302. The molecule has 0 bridgehead atoms. The zero-order chi connectivity index (χ0) is 28.2. The molecule has 0 aromatic rings. The van der Waals surface area contributed by atoms with Gasteiger partial charge < -0.3 is 40.3 Å². The van der Waals surface area contributed by atoms with Gasteiger partial charge in [0.05, 0.1) is 25.4 Å². The quantitative estimate of drug-likeness (QED) is 0.107. The Bertz CT molecular complexity index is 579. The summed E-state index contributed by atoms with van der Waals surface area (Å²) in [7, 11) is 0. The van der Waals surface area contributed by atoms with E-state index in [1.165, 1.54) is 57.8 Å². The van der Waals surface area contributed by atoms with Gasteiger partial charge in [-0.1, -0.05) is 104 Å². The molecule has 0 spiro atoms. The van der Waals surface area contributed by atoms with Gasteiger partial charge in [-0.05, 0) is 12.8 Å². The summed E-state index contributed by atoms with van der Waals surface area (Å²) >= 11 is 0. The highest BCUT2D eigenvalue weighted by atomic mass is 16.7. The van der Waals surface area contributed by atoms with Gasteiger partial charge in [0, 0.05) is 6.42 Å². The largest absolute Gasteiger partial charge is 0.394 e. The smallest absolute Gasteiger partial charge is 0.220 e.